The van der Waals surface area contributed by atoms with E-state index in [4.69, 9.17) is 4.74 Å². The average molecular weight is 258 g/mol. The molecule has 0 bridgehead atoms. The van der Waals surface area contributed by atoms with Gasteiger partial charge in [0.05, 0.1) is 18.5 Å². The Balaban J connectivity index is 2.21. The standard InChI is InChI=1S/C13H10N2O4/c1-18-13(17)11-10-9(7-19-12(10)16)15(14-11)8-5-3-2-4-6-8/h2-6H,7H2,1H3. The molecular weight excluding hydrogens is 248 g/mol. The van der Waals surface area contributed by atoms with Gasteiger partial charge in [-0.1, -0.05) is 18.2 Å². The molecule has 1 aromatic carbocycles. The highest BCUT2D eigenvalue weighted by atomic mass is 16.5. The molecule has 0 unspecified atom stereocenters. The molecule has 0 spiro atoms. The van der Waals surface area contributed by atoms with Crippen molar-refractivity contribution in [3.05, 3.63) is 47.3 Å². The summed E-state index contributed by atoms with van der Waals surface area (Å²) in [6, 6.07) is 9.22. The average Bonchev–Trinajstić information content (AvgIpc) is 3.00. The van der Waals surface area contributed by atoms with E-state index in [9.17, 15) is 9.59 Å². The molecule has 19 heavy (non-hydrogen) atoms. The smallest absolute Gasteiger partial charge is 0.359 e. The first kappa shape index (κ1) is 11.5. The van der Waals surface area contributed by atoms with Gasteiger partial charge in [0.25, 0.3) is 0 Å². The molecule has 0 atom stereocenters. The van der Waals surface area contributed by atoms with Crippen LogP contribution >= 0.6 is 0 Å². The normalized spacial score (nSPS) is 13.0. The molecule has 0 saturated heterocycles. The molecule has 2 heterocycles. The Bertz CT molecular complexity index is 661. The monoisotopic (exact) mass is 258 g/mol. The van der Waals surface area contributed by atoms with E-state index in [1.165, 1.54) is 11.8 Å². The summed E-state index contributed by atoms with van der Waals surface area (Å²) < 4.78 is 11.1. The Kier molecular flexibility index (Phi) is 2.56. The Hall–Kier alpha value is -2.63. The van der Waals surface area contributed by atoms with E-state index in [0.29, 0.717) is 5.69 Å². The van der Waals surface area contributed by atoms with Crippen LogP contribution in [0.25, 0.3) is 5.69 Å². The highest BCUT2D eigenvalue weighted by Gasteiger charge is 2.34. The van der Waals surface area contributed by atoms with Crippen LogP contribution in [0.2, 0.25) is 0 Å². The van der Waals surface area contributed by atoms with Gasteiger partial charge in [-0.05, 0) is 12.1 Å². The second kappa shape index (κ2) is 4.24. The largest absolute Gasteiger partial charge is 0.464 e. The fourth-order valence-corrected chi connectivity index (χ4v) is 2.03. The number of esters is 2. The van der Waals surface area contributed by atoms with E-state index >= 15 is 0 Å². The lowest BCUT2D eigenvalue weighted by Crippen LogP contribution is -2.09. The number of carbonyl (C=O) groups excluding carboxylic acids is 2. The first-order valence-corrected chi connectivity index (χ1v) is 5.65. The number of nitrogens with zero attached hydrogens (tertiary/aromatic N) is 2. The van der Waals surface area contributed by atoms with Gasteiger partial charge < -0.3 is 9.47 Å². The number of hydrogen-bond acceptors (Lipinski definition) is 5. The summed E-state index contributed by atoms with van der Waals surface area (Å²) in [4.78, 5) is 23.3. The predicted molar refractivity (Wildman–Crippen MR) is 64.0 cm³/mol. The quantitative estimate of drug-likeness (QED) is 0.760. The van der Waals surface area contributed by atoms with Crippen LogP contribution in [0.1, 0.15) is 26.5 Å². The number of hydrogen-bond donors (Lipinski definition) is 0. The van der Waals surface area contributed by atoms with Crippen molar-refractivity contribution in [3.8, 4) is 5.69 Å². The minimum Gasteiger partial charge on any atom is -0.464 e. The van der Waals surface area contributed by atoms with E-state index in [2.05, 4.69) is 9.84 Å². The molecule has 0 saturated carbocycles. The van der Waals surface area contributed by atoms with E-state index in [1.807, 2.05) is 30.3 Å². The molecule has 1 aliphatic heterocycles. The minimum absolute atomic E-state index is 0.0103. The lowest BCUT2D eigenvalue weighted by atomic mass is 10.2. The van der Waals surface area contributed by atoms with Gasteiger partial charge in [0.2, 0.25) is 0 Å². The van der Waals surface area contributed by atoms with Crippen molar-refractivity contribution in [2.45, 2.75) is 6.61 Å². The summed E-state index contributed by atoms with van der Waals surface area (Å²) in [5.74, 6) is -1.19. The highest BCUT2D eigenvalue weighted by Crippen LogP contribution is 2.26. The fraction of sp³-hybridized carbons (Fsp3) is 0.154. The number of rotatable bonds is 2. The van der Waals surface area contributed by atoms with Crippen LogP contribution in [0.3, 0.4) is 0 Å². The van der Waals surface area contributed by atoms with E-state index in [-0.39, 0.29) is 17.9 Å². The fourth-order valence-electron chi connectivity index (χ4n) is 2.03. The van der Waals surface area contributed by atoms with Gasteiger partial charge in [-0.3, -0.25) is 0 Å². The topological polar surface area (TPSA) is 70.4 Å². The van der Waals surface area contributed by atoms with Gasteiger partial charge in [0.15, 0.2) is 5.69 Å². The van der Waals surface area contributed by atoms with Gasteiger partial charge in [-0.2, -0.15) is 5.10 Å². The highest BCUT2D eigenvalue weighted by molar-refractivity contribution is 6.04. The summed E-state index contributed by atoms with van der Waals surface area (Å²) in [5.41, 5.74) is 1.50. The maximum Gasteiger partial charge on any atom is 0.359 e. The summed E-state index contributed by atoms with van der Waals surface area (Å²) >= 11 is 0. The summed E-state index contributed by atoms with van der Waals surface area (Å²) in [7, 11) is 1.25. The Morgan fingerprint density at radius 2 is 2.11 bits per heavy atom. The first-order valence-electron chi connectivity index (χ1n) is 5.65. The van der Waals surface area contributed by atoms with Crippen molar-refractivity contribution >= 4 is 11.9 Å². The summed E-state index contributed by atoms with van der Waals surface area (Å²) in [6.07, 6.45) is 0. The Labute approximate surface area is 108 Å². The van der Waals surface area contributed by atoms with E-state index in [1.54, 1.807) is 0 Å². The molecule has 1 aliphatic rings. The molecule has 0 radical (unpaired) electrons. The minimum atomic E-state index is -0.648. The van der Waals surface area contributed by atoms with Gasteiger partial charge >= 0.3 is 11.9 Å². The first-order chi connectivity index (χ1) is 9.22. The number of aromatic nitrogens is 2. The third-order valence-corrected chi connectivity index (χ3v) is 2.90. The van der Waals surface area contributed by atoms with Gasteiger partial charge in [-0.15, -0.1) is 0 Å². The van der Waals surface area contributed by atoms with Crippen LogP contribution in [0.5, 0.6) is 0 Å². The zero-order valence-electron chi connectivity index (χ0n) is 10.1. The van der Waals surface area contributed by atoms with Crippen LogP contribution in [0, 0.1) is 0 Å². The van der Waals surface area contributed by atoms with Crippen LogP contribution < -0.4 is 0 Å². The zero-order chi connectivity index (χ0) is 13.4. The molecule has 6 heteroatoms. The molecular formula is C13H10N2O4. The maximum atomic E-state index is 11.7. The van der Waals surface area contributed by atoms with Crippen molar-refractivity contribution in [3.63, 3.8) is 0 Å². The van der Waals surface area contributed by atoms with Gasteiger partial charge in [0, 0.05) is 0 Å². The number of cyclic esters (lactones) is 1. The van der Waals surface area contributed by atoms with Crippen LogP contribution in [-0.4, -0.2) is 28.8 Å². The SMILES string of the molecule is COC(=O)c1nn(-c2ccccc2)c2c1C(=O)OC2. The third-order valence-electron chi connectivity index (χ3n) is 2.90. The third kappa shape index (κ3) is 1.69. The van der Waals surface area contributed by atoms with Gasteiger partial charge in [0.1, 0.15) is 12.2 Å². The molecule has 0 amide bonds. The lowest BCUT2D eigenvalue weighted by Gasteiger charge is -2.03. The Morgan fingerprint density at radius 1 is 1.37 bits per heavy atom. The van der Waals surface area contributed by atoms with Crippen LogP contribution in [0.15, 0.2) is 30.3 Å². The van der Waals surface area contributed by atoms with E-state index < -0.39 is 11.9 Å². The van der Waals surface area contributed by atoms with Crippen molar-refractivity contribution in [1.29, 1.82) is 0 Å². The maximum absolute atomic E-state index is 11.7. The molecule has 0 aliphatic carbocycles. The summed E-state index contributed by atoms with van der Waals surface area (Å²) in [5, 5.41) is 4.16. The number of para-hydroxylation sites is 1. The lowest BCUT2D eigenvalue weighted by molar-refractivity contribution is 0.0506. The van der Waals surface area contributed by atoms with Crippen molar-refractivity contribution in [2.75, 3.05) is 7.11 Å². The van der Waals surface area contributed by atoms with Crippen molar-refractivity contribution in [2.24, 2.45) is 0 Å². The molecule has 2 aromatic rings. The van der Waals surface area contributed by atoms with Crippen LogP contribution in [0.4, 0.5) is 0 Å². The molecule has 0 N–H and O–H groups in total. The number of benzene rings is 1. The van der Waals surface area contributed by atoms with E-state index in [0.717, 1.165) is 5.69 Å². The van der Waals surface area contributed by atoms with Gasteiger partial charge in [-0.25, -0.2) is 14.3 Å². The predicted octanol–water partition coefficient (Wildman–Crippen LogP) is 1.33. The number of methoxy groups -OCH3 is 1. The molecule has 96 valence electrons. The number of fused-ring (bicyclic) bond motifs is 1. The second-order valence-corrected chi connectivity index (χ2v) is 3.99. The Morgan fingerprint density at radius 3 is 2.79 bits per heavy atom. The zero-order valence-corrected chi connectivity index (χ0v) is 10.1. The number of carbonyl (C=O) groups is 2. The molecule has 0 fully saturated rings. The summed E-state index contributed by atoms with van der Waals surface area (Å²) in [6.45, 7) is 0.104. The van der Waals surface area contributed by atoms with Crippen molar-refractivity contribution in [1.82, 2.24) is 9.78 Å². The van der Waals surface area contributed by atoms with Crippen molar-refractivity contribution < 1.29 is 19.1 Å². The molecule has 6 nitrogen and oxygen atoms in total. The number of ether oxygens (including phenoxy) is 2. The second-order valence-electron chi connectivity index (χ2n) is 3.99. The molecule has 3 rings (SSSR count). The van der Waals surface area contributed by atoms with Crippen LogP contribution in [-0.2, 0) is 16.1 Å². The molecule has 1 aromatic heterocycles.